The third-order valence-electron chi connectivity index (χ3n) is 2.56. The van der Waals surface area contributed by atoms with Gasteiger partial charge in [0.15, 0.2) is 0 Å². The molecule has 0 radical (unpaired) electrons. The number of nitrogen functional groups attached to an aromatic ring is 1. The highest BCUT2D eigenvalue weighted by molar-refractivity contribution is 9.10. The molecule has 18 heavy (non-hydrogen) atoms. The zero-order chi connectivity index (χ0) is 13.0. The molecule has 0 unspecified atom stereocenters. The van der Waals surface area contributed by atoms with Crippen LogP contribution < -0.4 is 11.1 Å². The molecular weight excluding hydrogens is 292 g/mol. The van der Waals surface area contributed by atoms with Crippen molar-refractivity contribution in [3.05, 3.63) is 64.1 Å². The summed E-state index contributed by atoms with van der Waals surface area (Å²) in [6.07, 6.45) is 0. The van der Waals surface area contributed by atoms with Crippen molar-refractivity contribution in [3.8, 4) is 0 Å². The van der Waals surface area contributed by atoms with Crippen molar-refractivity contribution in [1.29, 1.82) is 0 Å². The van der Waals surface area contributed by atoms with Gasteiger partial charge in [0.25, 0.3) is 5.91 Å². The van der Waals surface area contributed by atoms with Crippen LogP contribution in [0.1, 0.15) is 15.9 Å². The monoisotopic (exact) mass is 304 g/mol. The first-order chi connectivity index (χ1) is 8.66. The van der Waals surface area contributed by atoms with Gasteiger partial charge in [-0.3, -0.25) is 4.79 Å². The fourth-order valence-electron chi connectivity index (χ4n) is 1.55. The lowest BCUT2D eigenvalue weighted by atomic mass is 10.2. The molecule has 4 heteroatoms. The molecular formula is C14H13BrN2O. The number of nitrogens with two attached hydrogens (primary N) is 1. The molecule has 2 aromatic rings. The maximum atomic E-state index is 11.9. The van der Waals surface area contributed by atoms with Crippen LogP contribution in [-0.2, 0) is 6.54 Å². The number of amides is 1. The van der Waals surface area contributed by atoms with E-state index >= 15 is 0 Å². The van der Waals surface area contributed by atoms with E-state index in [9.17, 15) is 4.79 Å². The average molecular weight is 305 g/mol. The summed E-state index contributed by atoms with van der Waals surface area (Å²) in [5.41, 5.74) is 7.95. The van der Waals surface area contributed by atoms with Crippen LogP contribution in [0.15, 0.2) is 53.0 Å². The largest absolute Gasteiger partial charge is 0.398 e. The van der Waals surface area contributed by atoms with Gasteiger partial charge in [0.1, 0.15) is 0 Å². The number of carbonyl (C=O) groups excluding carboxylic acids is 1. The number of nitrogens with one attached hydrogen (secondary N) is 1. The Labute approximate surface area is 114 Å². The predicted octanol–water partition coefficient (Wildman–Crippen LogP) is 2.96. The molecule has 3 N–H and O–H groups in total. The van der Waals surface area contributed by atoms with Crippen molar-refractivity contribution in [1.82, 2.24) is 5.32 Å². The molecule has 0 atom stereocenters. The first-order valence-electron chi connectivity index (χ1n) is 5.54. The lowest BCUT2D eigenvalue weighted by Gasteiger charge is -2.06. The van der Waals surface area contributed by atoms with E-state index in [0.29, 0.717) is 17.8 Å². The Morgan fingerprint density at radius 1 is 1.17 bits per heavy atom. The Morgan fingerprint density at radius 2 is 1.89 bits per heavy atom. The SMILES string of the molecule is Nc1ccc(C(=O)NCc2ccccc2)cc1Br. The summed E-state index contributed by atoms with van der Waals surface area (Å²) in [6.45, 7) is 0.516. The molecule has 2 aromatic carbocycles. The first kappa shape index (κ1) is 12.6. The normalized spacial score (nSPS) is 10.1. The van der Waals surface area contributed by atoms with E-state index in [1.807, 2.05) is 30.3 Å². The molecule has 0 saturated heterocycles. The molecule has 0 fully saturated rings. The highest BCUT2D eigenvalue weighted by Gasteiger charge is 2.06. The van der Waals surface area contributed by atoms with Gasteiger partial charge < -0.3 is 11.1 Å². The van der Waals surface area contributed by atoms with Crippen LogP contribution in [-0.4, -0.2) is 5.91 Å². The van der Waals surface area contributed by atoms with E-state index < -0.39 is 0 Å². The number of benzene rings is 2. The van der Waals surface area contributed by atoms with Crippen LogP contribution in [0, 0.1) is 0 Å². The number of carbonyl (C=O) groups is 1. The second-order valence-corrected chi connectivity index (χ2v) is 4.76. The Kier molecular flexibility index (Phi) is 3.99. The average Bonchev–Trinajstić information content (AvgIpc) is 2.40. The zero-order valence-corrected chi connectivity index (χ0v) is 11.3. The molecule has 0 aliphatic heterocycles. The van der Waals surface area contributed by atoms with Gasteiger partial charge in [0, 0.05) is 22.3 Å². The van der Waals surface area contributed by atoms with Gasteiger partial charge in [-0.15, -0.1) is 0 Å². The van der Waals surface area contributed by atoms with Gasteiger partial charge >= 0.3 is 0 Å². The molecule has 0 spiro atoms. The van der Waals surface area contributed by atoms with Crippen LogP contribution in [0.3, 0.4) is 0 Å². The van der Waals surface area contributed by atoms with Crippen molar-refractivity contribution >= 4 is 27.5 Å². The molecule has 2 rings (SSSR count). The second kappa shape index (κ2) is 5.69. The Morgan fingerprint density at radius 3 is 2.56 bits per heavy atom. The van der Waals surface area contributed by atoms with E-state index in [-0.39, 0.29) is 5.91 Å². The van der Waals surface area contributed by atoms with E-state index in [2.05, 4.69) is 21.2 Å². The highest BCUT2D eigenvalue weighted by atomic mass is 79.9. The van der Waals surface area contributed by atoms with E-state index in [0.717, 1.165) is 10.0 Å². The lowest BCUT2D eigenvalue weighted by molar-refractivity contribution is 0.0951. The topological polar surface area (TPSA) is 55.1 Å². The Hall–Kier alpha value is -1.81. The summed E-state index contributed by atoms with van der Waals surface area (Å²) in [6, 6.07) is 14.9. The molecule has 0 bridgehead atoms. The fourth-order valence-corrected chi connectivity index (χ4v) is 1.93. The van der Waals surface area contributed by atoms with Gasteiger partial charge in [0.05, 0.1) is 0 Å². The van der Waals surface area contributed by atoms with Crippen molar-refractivity contribution in [2.24, 2.45) is 0 Å². The minimum absolute atomic E-state index is 0.112. The summed E-state index contributed by atoms with van der Waals surface area (Å²) in [5.74, 6) is -0.112. The standard InChI is InChI=1S/C14H13BrN2O/c15-12-8-11(6-7-13(12)16)14(18)17-9-10-4-2-1-3-5-10/h1-8H,9,16H2,(H,17,18). The Bertz CT molecular complexity index is 555. The molecule has 3 nitrogen and oxygen atoms in total. The predicted molar refractivity (Wildman–Crippen MR) is 76.2 cm³/mol. The summed E-state index contributed by atoms with van der Waals surface area (Å²) >= 11 is 3.31. The third kappa shape index (κ3) is 3.11. The minimum atomic E-state index is -0.112. The van der Waals surface area contributed by atoms with Gasteiger partial charge in [-0.2, -0.15) is 0 Å². The molecule has 0 saturated carbocycles. The number of hydrogen-bond donors (Lipinski definition) is 2. The third-order valence-corrected chi connectivity index (χ3v) is 3.25. The number of halogens is 1. The van der Waals surface area contributed by atoms with Gasteiger partial charge in [-0.1, -0.05) is 30.3 Å². The molecule has 0 aliphatic carbocycles. The summed E-state index contributed by atoms with van der Waals surface area (Å²) in [5, 5.41) is 2.86. The zero-order valence-electron chi connectivity index (χ0n) is 9.69. The minimum Gasteiger partial charge on any atom is -0.398 e. The van der Waals surface area contributed by atoms with Gasteiger partial charge in [0.2, 0.25) is 0 Å². The first-order valence-corrected chi connectivity index (χ1v) is 6.33. The van der Waals surface area contributed by atoms with Gasteiger partial charge in [-0.05, 0) is 39.7 Å². The van der Waals surface area contributed by atoms with Crippen LogP contribution in [0.5, 0.6) is 0 Å². The molecule has 0 heterocycles. The van der Waals surface area contributed by atoms with Crippen molar-refractivity contribution < 1.29 is 4.79 Å². The summed E-state index contributed by atoms with van der Waals surface area (Å²) < 4.78 is 0.731. The fraction of sp³-hybridized carbons (Fsp3) is 0.0714. The maximum absolute atomic E-state index is 11.9. The van der Waals surface area contributed by atoms with Crippen molar-refractivity contribution in [2.45, 2.75) is 6.54 Å². The van der Waals surface area contributed by atoms with E-state index in [1.54, 1.807) is 18.2 Å². The molecule has 92 valence electrons. The molecule has 0 aliphatic rings. The number of rotatable bonds is 3. The van der Waals surface area contributed by atoms with Crippen LogP contribution in [0.2, 0.25) is 0 Å². The number of hydrogen-bond acceptors (Lipinski definition) is 2. The van der Waals surface area contributed by atoms with E-state index in [1.165, 1.54) is 0 Å². The van der Waals surface area contributed by atoms with Crippen molar-refractivity contribution in [2.75, 3.05) is 5.73 Å². The summed E-state index contributed by atoms with van der Waals surface area (Å²) in [4.78, 5) is 11.9. The van der Waals surface area contributed by atoms with Crippen LogP contribution in [0.4, 0.5) is 5.69 Å². The van der Waals surface area contributed by atoms with Crippen LogP contribution in [0.25, 0.3) is 0 Å². The summed E-state index contributed by atoms with van der Waals surface area (Å²) in [7, 11) is 0. The maximum Gasteiger partial charge on any atom is 0.251 e. The quantitative estimate of drug-likeness (QED) is 0.857. The lowest BCUT2D eigenvalue weighted by Crippen LogP contribution is -2.22. The van der Waals surface area contributed by atoms with Crippen molar-refractivity contribution in [3.63, 3.8) is 0 Å². The number of anilines is 1. The Balaban J connectivity index is 2.02. The highest BCUT2D eigenvalue weighted by Crippen LogP contribution is 2.20. The molecule has 0 aromatic heterocycles. The van der Waals surface area contributed by atoms with Gasteiger partial charge in [-0.25, -0.2) is 0 Å². The van der Waals surface area contributed by atoms with E-state index in [4.69, 9.17) is 5.73 Å². The van der Waals surface area contributed by atoms with Crippen LogP contribution >= 0.6 is 15.9 Å². The second-order valence-electron chi connectivity index (χ2n) is 3.90. The smallest absolute Gasteiger partial charge is 0.251 e. The molecule has 1 amide bonds.